The summed E-state index contributed by atoms with van der Waals surface area (Å²) < 4.78 is 11.3. The number of esters is 1. The van der Waals surface area contributed by atoms with Crippen molar-refractivity contribution < 1.29 is 34.1 Å². The molecule has 0 spiro atoms. The van der Waals surface area contributed by atoms with Gasteiger partial charge in [-0.3, -0.25) is 0 Å². The molecule has 0 saturated carbocycles. The van der Waals surface area contributed by atoms with Crippen LogP contribution in [0.15, 0.2) is 36.4 Å². The van der Waals surface area contributed by atoms with Crippen LogP contribution < -0.4 is 4.74 Å². The second-order valence-electron chi connectivity index (χ2n) is 7.30. The lowest BCUT2D eigenvalue weighted by Crippen LogP contribution is -2.44. The molecule has 1 aromatic rings. The number of carbonyl (C=O) groups is 3. The van der Waals surface area contributed by atoms with E-state index in [1.807, 2.05) is 0 Å². The Bertz CT molecular complexity index is 750. The number of carboxylic acid groups (broad SMARTS) is 2. The molecule has 1 aromatic carbocycles. The first-order valence-corrected chi connectivity index (χ1v) is 10.0. The molecule has 3 rings (SSSR count). The van der Waals surface area contributed by atoms with E-state index in [1.54, 1.807) is 31.2 Å². The second-order valence-corrected chi connectivity index (χ2v) is 7.74. The maximum atomic E-state index is 12.2. The normalized spacial score (nSPS) is 23.9. The highest BCUT2D eigenvalue weighted by Crippen LogP contribution is 2.35. The molecule has 9 heteroatoms. The van der Waals surface area contributed by atoms with E-state index in [-0.39, 0.29) is 12.1 Å². The van der Waals surface area contributed by atoms with Gasteiger partial charge in [0.25, 0.3) is 0 Å². The lowest BCUT2D eigenvalue weighted by molar-refractivity contribution is -0.160. The zero-order chi connectivity index (χ0) is 22.3. The Morgan fingerprint density at radius 1 is 1.07 bits per heavy atom. The van der Waals surface area contributed by atoms with E-state index in [0.29, 0.717) is 35.0 Å². The zero-order valence-electron chi connectivity index (χ0n) is 16.9. The molecular formula is C21H26ClNO7. The largest absolute Gasteiger partial charge is 0.479 e. The third-order valence-electron chi connectivity index (χ3n) is 5.16. The topological polar surface area (TPSA) is 113 Å². The molecule has 0 aromatic heterocycles. The van der Waals surface area contributed by atoms with Gasteiger partial charge in [0.15, 0.2) is 6.10 Å². The third kappa shape index (κ3) is 7.35. The van der Waals surface area contributed by atoms with Gasteiger partial charge in [-0.1, -0.05) is 11.6 Å². The van der Waals surface area contributed by atoms with Gasteiger partial charge in [-0.25, -0.2) is 14.4 Å². The highest BCUT2D eigenvalue weighted by Gasteiger charge is 2.40. The fraction of sp³-hybridized carbons (Fsp3) is 0.476. The van der Waals surface area contributed by atoms with Crippen LogP contribution in [-0.4, -0.2) is 64.4 Å². The average Bonchev–Trinajstić information content (AvgIpc) is 2.89. The number of rotatable bonds is 6. The lowest BCUT2D eigenvalue weighted by atomic mass is 10.0. The first kappa shape index (κ1) is 23.7. The monoisotopic (exact) mass is 439 g/mol. The van der Waals surface area contributed by atoms with Crippen LogP contribution in [0.4, 0.5) is 0 Å². The molecule has 164 valence electrons. The van der Waals surface area contributed by atoms with Crippen LogP contribution >= 0.6 is 11.6 Å². The summed E-state index contributed by atoms with van der Waals surface area (Å²) in [7, 11) is 2.17. The van der Waals surface area contributed by atoms with Gasteiger partial charge in [0.05, 0.1) is 0 Å². The maximum Gasteiger partial charge on any atom is 0.347 e. The molecule has 8 nitrogen and oxygen atoms in total. The van der Waals surface area contributed by atoms with Crippen molar-refractivity contribution in [2.45, 2.75) is 56.9 Å². The van der Waals surface area contributed by atoms with E-state index in [1.165, 1.54) is 12.8 Å². The number of benzene rings is 1. The fourth-order valence-corrected chi connectivity index (χ4v) is 3.75. The molecule has 0 amide bonds. The zero-order valence-corrected chi connectivity index (χ0v) is 17.6. The number of halogens is 1. The molecule has 0 radical (unpaired) electrons. The molecule has 2 bridgehead atoms. The number of carboxylic acids is 2. The van der Waals surface area contributed by atoms with Gasteiger partial charge >= 0.3 is 17.9 Å². The van der Waals surface area contributed by atoms with Gasteiger partial charge in [0, 0.05) is 29.3 Å². The molecule has 3 unspecified atom stereocenters. The highest BCUT2D eigenvalue weighted by molar-refractivity contribution is 6.30. The molecule has 2 heterocycles. The summed E-state index contributed by atoms with van der Waals surface area (Å²) in [5.74, 6) is -2.18. The molecule has 2 N–H and O–H groups in total. The summed E-state index contributed by atoms with van der Waals surface area (Å²) in [6.07, 6.45) is 4.83. The van der Waals surface area contributed by atoms with Crippen LogP contribution in [0, 0.1) is 0 Å². The predicted octanol–water partition coefficient (Wildman–Crippen LogP) is 2.99. The van der Waals surface area contributed by atoms with Gasteiger partial charge < -0.3 is 24.6 Å². The second kappa shape index (κ2) is 11.0. The van der Waals surface area contributed by atoms with Crippen molar-refractivity contribution in [2.24, 2.45) is 0 Å². The van der Waals surface area contributed by atoms with E-state index in [0.717, 1.165) is 12.8 Å². The van der Waals surface area contributed by atoms with E-state index in [2.05, 4.69) is 11.9 Å². The summed E-state index contributed by atoms with van der Waals surface area (Å²) in [6.45, 7) is 1.72. The lowest BCUT2D eigenvalue weighted by Gasteiger charge is -2.36. The number of carbonyl (C=O) groups excluding carboxylic acids is 1. The van der Waals surface area contributed by atoms with Crippen molar-refractivity contribution in [3.63, 3.8) is 0 Å². The predicted molar refractivity (Wildman–Crippen MR) is 110 cm³/mol. The number of aliphatic carboxylic acids is 2. The average molecular weight is 440 g/mol. The van der Waals surface area contributed by atoms with Crippen molar-refractivity contribution in [1.29, 1.82) is 0 Å². The van der Waals surface area contributed by atoms with E-state index in [9.17, 15) is 14.4 Å². The molecular weight excluding hydrogens is 414 g/mol. The fourth-order valence-electron chi connectivity index (χ4n) is 3.63. The third-order valence-corrected chi connectivity index (χ3v) is 5.42. The molecule has 2 fully saturated rings. The summed E-state index contributed by atoms with van der Waals surface area (Å²) in [5.41, 5.74) is 0. The van der Waals surface area contributed by atoms with Crippen molar-refractivity contribution >= 4 is 29.5 Å². The number of fused-ring (bicyclic) bond motifs is 2. The Kier molecular flexibility index (Phi) is 8.68. The van der Waals surface area contributed by atoms with Gasteiger partial charge in [-0.2, -0.15) is 0 Å². The minimum atomic E-state index is -1.26. The summed E-state index contributed by atoms with van der Waals surface area (Å²) in [5, 5.41) is 16.3. The first-order valence-electron chi connectivity index (χ1n) is 9.64. The number of hydrogen-bond donors (Lipinski definition) is 2. The van der Waals surface area contributed by atoms with Crippen LogP contribution in [0.3, 0.4) is 0 Å². The number of hydrogen-bond acceptors (Lipinski definition) is 6. The van der Waals surface area contributed by atoms with E-state index < -0.39 is 18.0 Å². The Morgan fingerprint density at radius 3 is 2.03 bits per heavy atom. The van der Waals surface area contributed by atoms with Crippen molar-refractivity contribution in [3.05, 3.63) is 41.4 Å². The number of nitrogens with zero attached hydrogens (tertiary/aromatic N) is 1. The number of ether oxygens (including phenoxy) is 2. The van der Waals surface area contributed by atoms with Crippen molar-refractivity contribution in [1.82, 2.24) is 4.90 Å². The quantitative estimate of drug-likeness (QED) is 0.513. The van der Waals surface area contributed by atoms with Crippen LogP contribution in [0.2, 0.25) is 5.02 Å². The number of piperidine rings is 1. The Morgan fingerprint density at radius 2 is 1.57 bits per heavy atom. The maximum absolute atomic E-state index is 12.2. The van der Waals surface area contributed by atoms with Crippen LogP contribution in [0.1, 0.15) is 32.6 Å². The van der Waals surface area contributed by atoms with Gasteiger partial charge in [0.1, 0.15) is 11.9 Å². The molecule has 0 aliphatic carbocycles. The molecule has 2 saturated heterocycles. The first-order chi connectivity index (χ1) is 14.2. The Labute approximate surface area is 180 Å². The van der Waals surface area contributed by atoms with Crippen molar-refractivity contribution in [2.75, 3.05) is 7.05 Å². The van der Waals surface area contributed by atoms with Crippen LogP contribution in [0.25, 0.3) is 0 Å². The van der Waals surface area contributed by atoms with Gasteiger partial charge in [-0.15, -0.1) is 0 Å². The Hall–Kier alpha value is -2.58. The highest BCUT2D eigenvalue weighted by atomic mass is 35.5. The molecule has 2 aliphatic heterocycles. The molecule has 30 heavy (non-hydrogen) atoms. The van der Waals surface area contributed by atoms with Crippen LogP contribution in [-0.2, 0) is 19.1 Å². The summed E-state index contributed by atoms with van der Waals surface area (Å²) >= 11 is 5.83. The molecule has 3 atom stereocenters. The van der Waals surface area contributed by atoms with Gasteiger partial charge in [-0.05, 0) is 63.9 Å². The van der Waals surface area contributed by atoms with Crippen LogP contribution in [0.5, 0.6) is 5.75 Å². The summed E-state index contributed by atoms with van der Waals surface area (Å²) in [6, 6.07) is 8.10. The smallest absolute Gasteiger partial charge is 0.347 e. The minimum Gasteiger partial charge on any atom is -0.479 e. The van der Waals surface area contributed by atoms with E-state index >= 15 is 0 Å². The van der Waals surface area contributed by atoms with E-state index in [4.69, 9.17) is 31.3 Å². The minimum absolute atomic E-state index is 0.0254. The standard InChI is InChI=1S/C17H22ClNO3.C4H4O4/c1-11(21-15-7-3-12(18)4-8-15)17(20)22-16-9-13-5-6-14(10-16)19(13)2;5-3(6)1-2-4(7)8/h3-4,7-8,11,13-14,16H,5-6,9-10H2,1-2H3;1-2H,(H,5,6)(H,7,8). The van der Waals surface area contributed by atoms with Crippen molar-refractivity contribution in [3.8, 4) is 5.75 Å². The summed E-state index contributed by atoms with van der Waals surface area (Å²) in [4.78, 5) is 33.7. The van der Waals surface area contributed by atoms with Gasteiger partial charge in [0.2, 0.25) is 0 Å². The SMILES string of the molecule is CC(Oc1ccc(Cl)cc1)C(=O)OC1CC2CCC(C1)N2C.O=C(O)C=CC(=O)O. The molecule has 2 aliphatic rings. The Balaban J connectivity index is 0.000000343.